The number of hydrogen-bond acceptors (Lipinski definition) is 10. The molecule has 0 radical (unpaired) electrons. The smallest absolute Gasteiger partial charge is 0.192 e. The van der Waals surface area contributed by atoms with Gasteiger partial charge in [0.05, 0.1) is 59.8 Å². The normalized spacial score (nSPS) is 28.3. The molecule has 0 amide bonds. The summed E-state index contributed by atoms with van der Waals surface area (Å²) in [5.41, 5.74) is 5.30. The van der Waals surface area contributed by atoms with E-state index >= 15 is 0 Å². The molecule has 3 heterocycles. The molecule has 13 heteroatoms. The largest absolute Gasteiger partial charge is 0.411 e. The third-order valence-electron chi connectivity index (χ3n) is 18.3. The van der Waals surface area contributed by atoms with E-state index in [1.54, 1.807) is 43.5 Å². The van der Waals surface area contributed by atoms with Gasteiger partial charge in [0.2, 0.25) is 0 Å². The second kappa shape index (κ2) is 29.1. The Bertz CT molecular complexity index is 2320. The lowest BCUT2D eigenvalue weighted by atomic mass is 9.82. The van der Waals surface area contributed by atoms with Gasteiger partial charge < -0.3 is 27.8 Å². The summed E-state index contributed by atoms with van der Waals surface area (Å²) in [5, 5.41) is -1.59. The van der Waals surface area contributed by atoms with Gasteiger partial charge in [-0.05, 0) is 154 Å². The fourth-order valence-corrected chi connectivity index (χ4v) is 15.8. The number of ether oxygens (including phenoxy) is 4. The number of rotatable bonds is 29. The maximum atomic E-state index is 14.9. The van der Waals surface area contributed by atoms with Gasteiger partial charge in [0.15, 0.2) is 38.0 Å². The summed E-state index contributed by atoms with van der Waals surface area (Å²) >= 11 is 0. The van der Waals surface area contributed by atoms with E-state index in [0.29, 0.717) is 50.4 Å². The molecule has 1 aromatic rings. The molecule has 0 aliphatic carbocycles. The summed E-state index contributed by atoms with van der Waals surface area (Å²) in [6.07, 6.45) is 12.1. The number of benzene rings is 1. The highest BCUT2D eigenvalue weighted by atomic mass is 32.2. The predicted octanol–water partition coefficient (Wildman–Crippen LogP) is 15.6. The second-order valence-electron chi connectivity index (χ2n) is 27.4. The SMILES string of the molecule is C=C=C(C)C[C@@H](C)CC[C@@H]1OC(CCC(=O)/C=C/[C@H](C)[C@@H]2O[C@@H](CCC=CC(=O)C([C@@H]3[C@@H](OC)[C@@H](C[C@@H](C)CC)O[C@H]3CC(C)C)S(=O)(=O)c3ccccc3)[C@H](C)[C@H](O[Si](C)(C)C(C)(C)C)[C@@H]2O[Si](C)(C)C(C)(C)C)CC1=C. The Morgan fingerprint density at radius 2 is 1.44 bits per heavy atom. The molecular formula is C65H108O10SSi2. The molecule has 0 bridgehead atoms. The first-order valence-corrected chi connectivity index (χ1v) is 37.1. The van der Waals surface area contributed by atoms with Crippen molar-refractivity contribution in [3.8, 4) is 0 Å². The number of hydrogen-bond donors (Lipinski definition) is 0. The highest BCUT2D eigenvalue weighted by molar-refractivity contribution is 7.92. The standard InChI is InChI=1S/C65H108O10SSi2/c1-22-44(5)40-46(7)33-38-54-48(9)42-51(71-54)37-36-50(66)35-34-47(8)59-62(75-78(20,21)65(14,15)16)60(74-77(18,19)64(11,12)13)49(10)55(73-59)32-28-27-31-53(67)63(76(68,69)52-29-25-24-26-30-52)58-56(39-43(3)4)72-57(61(58)70-17)41-45(6)23-2/h24-27,29-31,34-35,43,45-47,49,51,54-63H,1,9,23,28,32-33,36-42H2,2-8,10-21H3/b31-27?,35-34+/t45-,46-,47-,49-,51?,54-,55-,56-,57+,58-,59-,60-,61-,62+,63?/m0/s1. The summed E-state index contributed by atoms with van der Waals surface area (Å²) in [6, 6.07) is 8.33. The Balaban J connectivity index is 1.66. The van der Waals surface area contributed by atoms with Crippen LogP contribution in [0, 0.1) is 35.5 Å². The third-order valence-corrected chi connectivity index (χ3v) is 29.4. The third kappa shape index (κ3) is 18.2. The van der Waals surface area contributed by atoms with Crippen molar-refractivity contribution in [3.63, 3.8) is 0 Å². The van der Waals surface area contributed by atoms with Gasteiger partial charge in [-0.15, -0.1) is 5.73 Å². The lowest BCUT2D eigenvalue weighted by molar-refractivity contribution is -0.197. The molecule has 3 aliphatic heterocycles. The van der Waals surface area contributed by atoms with Gasteiger partial charge in [0, 0.05) is 31.3 Å². The molecule has 3 aliphatic rings. The molecule has 3 fully saturated rings. The van der Waals surface area contributed by atoms with Crippen molar-refractivity contribution in [2.24, 2.45) is 35.5 Å². The van der Waals surface area contributed by atoms with Gasteiger partial charge in [-0.25, -0.2) is 8.42 Å². The van der Waals surface area contributed by atoms with Crippen LogP contribution in [0.1, 0.15) is 168 Å². The van der Waals surface area contributed by atoms with Crippen molar-refractivity contribution in [1.82, 2.24) is 0 Å². The minimum Gasteiger partial charge on any atom is -0.411 e. The summed E-state index contributed by atoms with van der Waals surface area (Å²) in [4.78, 5) is 28.8. The van der Waals surface area contributed by atoms with Crippen LogP contribution in [0.5, 0.6) is 0 Å². The maximum absolute atomic E-state index is 14.9. The van der Waals surface area contributed by atoms with Crippen LogP contribution in [0.15, 0.2) is 89.6 Å². The zero-order valence-corrected chi connectivity index (χ0v) is 54.9. The number of methoxy groups -OCH3 is 1. The first-order chi connectivity index (χ1) is 36.2. The molecule has 2 unspecified atom stereocenters. The maximum Gasteiger partial charge on any atom is 0.192 e. The molecular weight excluding hydrogens is 1030 g/mol. The average Bonchev–Trinajstić information content (AvgIpc) is 3.88. The lowest BCUT2D eigenvalue weighted by Crippen LogP contribution is -2.63. The average molecular weight is 1140 g/mol. The van der Waals surface area contributed by atoms with E-state index in [4.69, 9.17) is 27.8 Å². The molecule has 0 saturated carbocycles. The summed E-state index contributed by atoms with van der Waals surface area (Å²) in [6.45, 7) is 47.9. The number of sulfone groups is 1. The Labute approximate surface area is 477 Å². The zero-order chi connectivity index (χ0) is 58.7. The van der Waals surface area contributed by atoms with Gasteiger partial charge in [-0.3, -0.25) is 9.59 Å². The van der Waals surface area contributed by atoms with E-state index in [-0.39, 0.29) is 69.0 Å². The number of carbonyl (C=O) groups is 2. The van der Waals surface area contributed by atoms with Crippen LogP contribution >= 0.6 is 0 Å². The Hall–Kier alpha value is -2.56. The first-order valence-electron chi connectivity index (χ1n) is 29.8. The van der Waals surface area contributed by atoms with Gasteiger partial charge >= 0.3 is 0 Å². The number of carbonyl (C=O) groups excluding carboxylic acids is 2. The van der Waals surface area contributed by atoms with E-state index in [2.05, 4.69) is 142 Å². The van der Waals surface area contributed by atoms with Crippen LogP contribution in [0.4, 0.5) is 0 Å². The van der Waals surface area contributed by atoms with Crippen molar-refractivity contribution < 1.29 is 45.8 Å². The molecule has 0 aromatic heterocycles. The van der Waals surface area contributed by atoms with E-state index in [0.717, 1.165) is 37.7 Å². The van der Waals surface area contributed by atoms with Gasteiger partial charge in [-0.1, -0.05) is 140 Å². The zero-order valence-electron chi connectivity index (χ0n) is 52.1. The molecule has 78 heavy (non-hydrogen) atoms. The quantitative estimate of drug-likeness (QED) is 0.0331. The fourth-order valence-electron chi connectivity index (χ4n) is 11.1. The monoisotopic (exact) mass is 1140 g/mol. The van der Waals surface area contributed by atoms with Gasteiger partial charge in [0.25, 0.3) is 0 Å². The topological polar surface area (TPSA) is 124 Å². The summed E-state index contributed by atoms with van der Waals surface area (Å²) < 4.78 is 71.5. The van der Waals surface area contributed by atoms with Crippen molar-refractivity contribution in [2.45, 2.75) is 269 Å². The van der Waals surface area contributed by atoms with Crippen LogP contribution in [0.3, 0.4) is 0 Å². The van der Waals surface area contributed by atoms with E-state index < -0.39 is 67.8 Å². The Morgan fingerprint density at radius 3 is 2.00 bits per heavy atom. The number of allylic oxidation sites excluding steroid dienone is 4. The molecule has 10 nitrogen and oxygen atoms in total. The Kier molecular flexibility index (Phi) is 25.4. The van der Waals surface area contributed by atoms with E-state index in [9.17, 15) is 18.0 Å². The van der Waals surface area contributed by atoms with Crippen molar-refractivity contribution in [3.05, 3.63) is 84.7 Å². The molecule has 1 aromatic carbocycles. The van der Waals surface area contributed by atoms with Crippen molar-refractivity contribution in [1.29, 1.82) is 0 Å². The molecule has 0 N–H and O–H groups in total. The first kappa shape index (κ1) is 67.9. The minimum absolute atomic E-state index is 0.0169. The van der Waals surface area contributed by atoms with E-state index in [1.807, 2.05) is 12.2 Å². The molecule has 0 spiro atoms. The second-order valence-corrected chi connectivity index (χ2v) is 39.0. The van der Waals surface area contributed by atoms with Crippen molar-refractivity contribution >= 4 is 38.0 Å². The highest BCUT2D eigenvalue weighted by Gasteiger charge is 2.56. The van der Waals surface area contributed by atoms with Crippen LogP contribution in [-0.4, -0.2) is 104 Å². The fraction of sp³-hybridized carbons (Fsp3) is 0.738. The number of ketones is 2. The predicted molar refractivity (Wildman–Crippen MR) is 326 cm³/mol. The van der Waals surface area contributed by atoms with Gasteiger partial charge in [-0.2, -0.15) is 0 Å². The molecule has 442 valence electrons. The summed E-state index contributed by atoms with van der Waals surface area (Å²) in [7, 11) is -7.40. The molecule has 3 saturated heterocycles. The van der Waals surface area contributed by atoms with Crippen LogP contribution in [0.25, 0.3) is 0 Å². The van der Waals surface area contributed by atoms with E-state index in [1.165, 1.54) is 11.6 Å². The Morgan fingerprint density at radius 1 is 0.821 bits per heavy atom. The minimum atomic E-state index is -4.19. The highest BCUT2D eigenvalue weighted by Crippen LogP contribution is 2.47. The van der Waals surface area contributed by atoms with Crippen LogP contribution in [-0.2, 0) is 47.2 Å². The summed E-state index contributed by atoms with van der Waals surface area (Å²) in [5.74, 6) is -0.434. The van der Waals surface area contributed by atoms with Crippen LogP contribution < -0.4 is 0 Å². The lowest BCUT2D eigenvalue weighted by Gasteiger charge is -2.53. The molecule has 4 rings (SSSR count). The van der Waals surface area contributed by atoms with Gasteiger partial charge in [0.1, 0.15) is 5.25 Å². The molecule has 15 atom stereocenters. The van der Waals surface area contributed by atoms with Crippen molar-refractivity contribution in [2.75, 3.05) is 7.11 Å². The van der Waals surface area contributed by atoms with Crippen LogP contribution in [0.2, 0.25) is 36.3 Å².